The number of carbonyl (C=O) groups excluding carboxylic acids is 2. The molecule has 168 valence electrons. The number of nitriles is 1. The number of hydrogen-bond acceptors (Lipinski definition) is 6. The van der Waals surface area contributed by atoms with E-state index in [1.54, 1.807) is 44.3 Å². The van der Waals surface area contributed by atoms with Crippen molar-refractivity contribution in [1.82, 2.24) is 9.80 Å². The first-order valence-corrected chi connectivity index (χ1v) is 10.7. The fraction of sp³-hybridized carbons (Fsp3) is 0.609. The normalized spacial score (nSPS) is 28.1. The van der Waals surface area contributed by atoms with Crippen LogP contribution in [0.3, 0.4) is 0 Å². The number of rotatable bonds is 1. The maximum absolute atomic E-state index is 13.1. The highest BCUT2D eigenvalue weighted by Gasteiger charge is 2.34. The maximum Gasteiger partial charge on any atom is 0.257 e. The molecule has 0 aliphatic carbocycles. The molecule has 0 saturated carbocycles. The summed E-state index contributed by atoms with van der Waals surface area (Å²) >= 11 is 0. The Hall–Kier alpha value is -2.63. The minimum Gasteiger partial charge on any atom is -0.491 e. The minimum atomic E-state index is -0.395. The van der Waals surface area contributed by atoms with Crippen LogP contribution in [0.15, 0.2) is 18.2 Å². The number of nitrogens with zero attached hydrogens (tertiary/aromatic N) is 3. The molecule has 8 nitrogen and oxygen atoms in total. The molecule has 2 aliphatic rings. The first-order valence-electron chi connectivity index (χ1n) is 10.7. The zero-order valence-electron chi connectivity index (χ0n) is 18.7. The van der Waals surface area contributed by atoms with Gasteiger partial charge in [-0.05, 0) is 25.0 Å². The fourth-order valence-electron chi connectivity index (χ4n) is 4.34. The molecule has 31 heavy (non-hydrogen) atoms. The van der Waals surface area contributed by atoms with Crippen molar-refractivity contribution >= 4 is 11.8 Å². The monoisotopic (exact) mass is 429 g/mol. The van der Waals surface area contributed by atoms with Crippen molar-refractivity contribution < 1.29 is 23.8 Å². The van der Waals surface area contributed by atoms with Crippen LogP contribution in [0.25, 0.3) is 0 Å². The second-order valence-electron chi connectivity index (χ2n) is 8.38. The lowest BCUT2D eigenvalue weighted by molar-refractivity contribution is -0.152. The molecule has 2 heterocycles. The molecule has 1 fully saturated rings. The molecule has 0 spiro atoms. The summed E-state index contributed by atoms with van der Waals surface area (Å²) in [6.07, 6.45) is 1.93. The molecule has 1 aromatic rings. The highest BCUT2D eigenvalue weighted by molar-refractivity contribution is 5.97. The van der Waals surface area contributed by atoms with E-state index in [-0.39, 0.29) is 42.4 Å². The Labute approximate surface area is 183 Å². The smallest absolute Gasteiger partial charge is 0.257 e. The molecule has 0 radical (unpaired) electrons. The van der Waals surface area contributed by atoms with Crippen LogP contribution in [0.4, 0.5) is 0 Å². The van der Waals surface area contributed by atoms with E-state index < -0.39 is 5.92 Å². The zero-order chi connectivity index (χ0) is 22.5. The Morgan fingerprint density at radius 3 is 2.61 bits per heavy atom. The van der Waals surface area contributed by atoms with E-state index >= 15 is 0 Å². The van der Waals surface area contributed by atoms with Gasteiger partial charge in [-0.3, -0.25) is 9.59 Å². The Kier molecular flexibility index (Phi) is 7.52. The van der Waals surface area contributed by atoms with Gasteiger partial charge in [0.05, 0.1) is 35.9 Å². The third kappa shape index (κ3) is 5.17. The molecule has 1 saturated heterocycles. The third-order valence-electron chi connectivity index (χ3n) is 6.06. The first-order chi connectivity index (χ1) is 14.8. The van der Waals surface area contributed by atoms with Gasteiger partial charge in [0.25, 0.3) is 5.91 Å². The summed E-state index contributed by atoms with van der Waals surface area (Å²) in [5, 5.41) is 9.51. The number of carbonyl (C=O) groups is 2. The molecule has 0 unspecified atom stereocenters. The van der Waals surface area contributed by atoms with E-state index in [9.17, 15) is 14.9 Å². The molecular weight excluding hydrogens is 398 g/mol. The second kappa shape index (κ2) is 10.1. The summed E-state index contributed by atoms with van der Waals surface area (Å²) < 4.78 is 17.8. The van der Waals surface area contributed by atoms with Gasteiger partial charge in [-0.15, -0.1) is 0 Å². The van der Waals surface area contributed by atoms with Gasteiger partial charge in [-0.1, -0.05) is 13.0 Å². The van der Waals surface area contributed by atoms with Crippen LogP contribution in [-0.4, -0.2) is 80.8 Å². The van der Waals surface area contributed by atoms with Crippen LogP contribution in [0.1, 0.15) is 42.1 Å². The Morgan fingerprint density at radius 2 is 1.90 bits per heavy atom. The van der Waals surface area contributed by atoms with Crippen LogP contribution in [0.5, 0.6) is 5.75 Å². The zero-order valence-corrected chi connectivity index (χ0v) is 18.7. The van der Waals surface area contributed by atoms with Crippen LogP contribution in [-0.2, 0) is 14.3 Å². The number of fused-ring (bicyclic) bond motifs is 3. The van der Waals surface area contributed by atoms with Crippen molar-refractivity contribution in [3.8, 4) is 11.8 Å². The quantitative estimate of drug-likeness (QED) is 0.679. The van der Waals surface area contributed by atoms with Gasteiger partial charge >= 0.3 is 0 Å². The average Bonchev–Trinajstić information content (AvgIpc) is 2.77. The molecule has 2 aliphatic heterocycles. The Balaban J connectivity index is 1.92. The molecule has 8 heteroatoms. The van der Waals surface area contributed by atoms with Gasteiger partial charge in [0.15, 0.2) is 0 Å². The molecule has 4 atom stereocenters. The number of amides is 2. The van der Waals surface area contributed by atoms with E-state index in [0.717, 1.165) is 12.8 Å². The maximum atomic E-state index is 13.1. The minimum absolute atomic E-state index is 0.0430. The molecule has 0 N–H and O–H groups in total. The molecule has 2 amide bonds. The summed E-state index contributed by atoms with van der Waals surface area (Å²) in [6, 6.07) is 7.07. The van der Waals surface area contributed by atoms with E-state index in [2.05, 4.69) is 6.07 Å². The van der Waals surface area contributed by atoms with E-state index in [1.807, 2.05) is 6.92 Å². The van der Waals surface area contributed by atoms with Crippen molar-refractivity contribution in [2.45, 2.75) is 44.5 Å². The average molecular weight is 430 g/mol. The number of methoxy groups -OCH3 is 1. The van der Waals surface area contributed by atoms with E-state index in [1.165, 1.54) is 4.90 Å². The lowest BCUT2D eigenvalue weighted by Crippen LogP contribution is -2.49. The van der Waals surface area contributed by atoms with Crippen molar-refractivity contribution in [3.05, 3.63) is 29.3 Å². The van der Waals surface area contributed by atoms with Crippen LogP contribution in [0, 0.1) is 17.2 Å². The third-order valence-corrected chi connectivity index (χ3v) is 6.06. The predicted molar refractivity (Wildman–Crippen MR) is 114 cm³/mol. The molecule has 1 aromatic carbocycles. The van der Waals surface area contributed by atoms with Gasteiger partial charge in [0, 0.05) is 40.7 Å². The summed E-state index contributed by atoms with van der Waals surface area (Å²) in [6.45, 7) is 2.81. The first kappa shape index (κ1) is 23.0. The van der Waals surface area contributed by atoms with Crippen LogP contribution >= 0.6 is 0 Å². The summed E-state index contributed by atoms with van der Waals surface area (Å²) in [7, 11) is 5.08. The number of para-hydroxylation sites is 1. The molecule has 2 bridgehead atoms. The molecular formula is C23H31N3O5. The number of ether oxygens (including phenoxy) is 3. The topological polar surface area (TPSA) is 92.1 Å². The van der Waals surface area contributed by atoms with Gasteiger partial charge in [0.1, 0.15) is 17.9 Å². The van der Waals surface area contributed by atoms with Crippen LogP contribution < -0.4 is 4.74 Å². The van der Waals surface area contributed by atoms with E-state index in [0.29, 0.717) is 30.7 Å². The standard InChI is InChI=1S/C23H31N3O5/c1-15-13-25(2)23(28)18-7-5-6-16(12-24)21(18)30-11-10-17-8-9-19(29-4)20(31-17)14-26(3)22(15)27/h5-7,15,17,19-20H,8-11,13-14H2,1-4H3/t15-,17+,19+,20-/m0/s1. The van der Waals surface area contributed by atoms with Gasteiger partial charge in [-0.25, -0.2) is 0 Å². The highest BCUT2D eigenvalue weighted by atomic mass is 16.5. The largest absolute Gasteiger partial charge is 0.491 e. The van der Waals surface area contributed by atoms with Crippen molar-refractivity contribution in [2.24, 2.45) is 5.92 Å². The highest BCUT2D eigenvalue weighted by Crippen LogP contribution is 2.28. The van der Waals surface area contributed by atoms with Gasteiger partial charge < -0.3 is 24.0 Å². The summed E-state index contributed by atoms with van der Waals surface area (Å²) in [5.74, 6) is -0.445. The predicted octanol–water partition coefficient (Wildman–Crippen LogP) is 2.07. The van der Waals surface area contributed by atoms with Gasteiger partial charge in [-0.2, -0.15) is 5.26 Å². The molecule has 0 aromatic heterocycles. The number of likely N-dealkylation sites (N-methyl/N-ethyl adjacent to an activating group) is 1. The fourth-order valence-corrected chi connectivity index (χ4v) is 4.34. The molecule has 3 rings (SSSR count). The SMILES string of the molecule is CO[C@@H]1CC[C@@H]2CCOc3c(C#N)cccc3C(=O)N(C)C[C@H](C)C(=O)N(C)C[C@@H]1O2. The van der Waals surface area contributed by atoms with E-state index in [4.69, 9.17) is 14.2 Å². The van der Waals surface area contributed by atoms with Crippen molar-refractivity contribution in [3.63, 3.8) is 0 Å². The lowest BCUT2D eigenvalue weighted by atomic mass is 9.98. The lowest BCUT2D eigenvalue weighted by Gasteiger charge is -2.38. The number of hydrogen-bond donors (Lipinski definition) is 0. The Morgan fingerprint density at radius 1 is 1.13 bits per heavy atom. The second-order valence-corrected chi connectivity index (χ2v) is 8.38. The summed E-state index contributed by atoms with van der Waals surface area (Å²) in [4.78, 5) is 29.2. The van der Waals surface area contributed by atoms with Crippen molar-refractivity contribution in [2.75, 3.05) is 40.9 Å². The van der Waals surface area contributed by atoms with Crippen LogP contribution in [0.2, 0.25) is 0 Å². The Bertz CT molecular complexity index is 852. The number of benzene rings is 1. The summed E-state index contributed by atoms with van der Waals surface area (Å²) in [5.41, 5.74) is 0.639. The van der Waals surface area contributed by atoms with Gasteiger partial charge in [0.2, 0.25) is 5.91 Å². The van der Waals surface area contributed by atoms with Crippen molar-refractivity contribution in [1.29, 1.82) is 5.26 Å².